The fraction of sp³-hybridized carbons (Fsp3) is 0. The van der Waals surface area contributed by atoms with Gasteiger partial charge in [-0.1, -0.05) is 97.1 Å². The minimum atomic E-state index is 0.653. The second-order valence-corrected chi connectivity index (χ2v) is 10.0. The average molecular weight is 511 g/mol. The van der Waals surface area contributed by atoms with Gasteiger partial charge in [-0.05, 0) is 63.7 Å². The fourth-order valence-corrected chi connectivity index (χ4v) is 6.12. The lowest BCUT2D eigenvalue weighted by Gasteiger charge is -2.35. The molecule has 0 saturated carbocycles. The van der Waals surface area contributed by atoms with Crippen LogP contribution in [-0.2, 0) is 0 Å². The van der Waals surface area contributed by atoms with Crippen molar-refractivity contribution in [3.63, 3.8) is 0 Å². The second kappa shape index (κ2) is 8.73. The number of hydrogen-bond donors (Lipinski definition) is 0. The number of ether oxygens (including phenoxy) is 1. The Morgan fingerprint density at radius 3 is 1.82 bits per heavy atom. The summed E-state index contributed by atoms with van der Waals surface area (Å²) in [5, 5.41) is 16.5. The SMILES string of the molecule is N#Cc1ccc(-c2c3ccccc3c(N3c4ccccc4Oc4ccccc43)c3ccc4ccccc4c23)cc1. The standard InChI is InChI=1S/C37H22N2O/c38-23-24-17-19-26(20-18-24)35-28-11-3-4-12-29(28)37(30-22-21-25-9-1-2-10-27(25)36(30)35)39-31-13-5-7-15-33(31)40-34-16-8-6-14-32(34)39/h1-22H. The Labute approximate surface area is 231 Å². The number of nitrogens with zero attached hydrogens (tertiary/aromatic N) is 2. The van der Waals surface area contributed by atoms with Gasteiger partial charge in [0.15, 0.2) is 11.5 Å². The van der Waals surface area contributed by atoms with E-state index < -0.39 is 0 Å². The highest BCUT2D eigenvalue weighted by atomic mass is 16.5. The summed E-state index contributed by atoms with van der Waals surface area (Å²) in [5.74, 6) is 1.66. The average Bonchev–Trinajstić information content (AvgIpc) is 3.02. The van der Waals surface area contributed by atoms with Crippen LogP contribution in [0, 0.1) is 11.3 Å². The molecular formula is C37H22N2O. The Kier molecular flexibility index (Phi) is 4.89. The maximum Gasteiger partial charge on any atom is 0.151 e. The normalized spacial score (nSPS) is 12.1. The zero-order valence-corrected chi connectivity index (χ0v) is 21.5. The molecule has 3 heteroatoms. The third-order valence-corrected chi connectivity index (χ3v) is 7.84. The number of anilines is 3. The van der Waals surface area contributed by atoms with E-state index in [1.165, 1.54) is 21.7 Å². The molecular weight excluding hydrogens is 488 g/mol. The molecule has 1 aliphatic rings. The lowest BCUT2D eigenvalue weighted by Crippen LogP contribution is -2.16. The first-order chi connectivity index (χ1) is 19.8. The molecule has 0 radical (unpaired) electrons. The summed E-state index contributed by atoms with van der Waals surface area (Å²) in [6.07, 6.45) is 0. The first-order valence-corrected chi connectivity index (χ1v) is 13.3. The third-order valence-electron chi connectivity index (χ3n) is 7.84. The summed E-state index contributed by atoms with van der Waals surface area (Å²) < 4.78 is 6.37. The number of benzene rings is 7. The molecule has 40 heavy (non-hydrogen) atoms. The van der Waals surface area contributed by atoms with Crippen molar-refractivity contribution in [3.05, 3.63) is 139 Å². The fourth-order valence-electron chi connectivity index (χ4n) is 6.12. The van der Waals surface area contributed by atoms with Crippen molar-refractivity contribution in [3.8, 4) is 28.7 Å². The quantitative estimate of drug-likeness (QED) is 0.171. The van der Waals surface area contributed by atoms with Gasteiger partial charge >= 0.3 is 0 Å². The smallest absolute Gasteiger partial charge is 0.151 e. The minimum Gasteiger partial charge on any atom is -0.453 e. The van der Waals surface area contributed by atoms with Crippen molar-refractivity contribution in [2.45, 2.75) is 0 Å². The second-order valence-electron chi connectivity index (χ2n) is 10.0. The topological polar surface area (TPSA) is 36.3 Å². The number of rotatable bonds is 2. The summed E-state index contributed by atoms with van der Waals surface area (Å²) in [7, 11) is 0. The molecule has 7 aromatic rings. The van der Waals surface area contributed by atoms with Gasteiger partial charge in [-0.3, -0.25) is 0 Å². The van der Waals surface area contributed by atoms with Crippen LogP contribution >= 0.6 is 0 Å². The monoisotopic (exact) mass is 510 g/mol. The molecule has 0 bridgehead atoms. The molecule has 0 aliphatic carbocycles. The Morgan fingerprint density at radius 1 is 0.525 bits per heavy atom. The summed E-state index contributed by atoms with van der Waals surface area (Å²) in [4.78, 5) is 2.36. The Balaban J connectivity index is 1.59. The van der Waals surface area contributed by atoms with E-state index in [4.69, 9.17) is 4.74 Å². The predicted octanol–water partition coefficient (Wildman–Crippen LogP) is 10.3. The van der Waals surface area contributed by atoms with Gasteiger partial charge in [-0.2, -0.15) is 5.26 Å². The maximum atomic E-state index is 9.46. The highest BCUT2D eigenvalue weighted by Gasteiger charge is 2.29. The van der Waals surface area contributed by atoms with E-state index >= 15 is 0 Å². The first kappa shape index (κ1) is 22.4. The molecule has 0 N–H and O–H groups in total. The van der Waals surface area contributed by atoms with Crippen molar-refractivity contribution < 1.29 is 4.74 Å². The van der Waals surface area contributed by atoms with Gasteiger partial charge in [-0.25, -0.2) is 0 Å². The summed E-state index contributed by atoms with van der Waals surface area (Å²) >= 11 is 0. The zero-order valence-electron chi connectivity index (χ0n) is 21.5. The molecule has 7 aromatic carbocycles. The van der Waals surface area contributed by atoms with Crippen molar-refractivity contribution in [2.24, 2.45) is 0 Å². The van der Waals surface area contributed by atoms with Gasteiger partial charge in [0, 0.05) is 16.2 Å². The molecule has 0 atom stereocenters. The molecule has 0 unspecified atom stereocenters. The predicted molar refractivity (Wildman–Crippen MR) is 164 cm³/mol. The molecule has 8 rings (SSSR count). The highest BCUT2D eigenvalue weighted by Crippen LogP contribution is 2.55. The molecule has 0 amide bonds. The van der Waals surface area contributed by atoms with E-state index in [0.717, 1.165) is 50.3 Å². The third kappa shape index (κ3) is 3.24. The van der Waals surface area contributed by atoms with E-state index in [-0.39, 0.29) is 0 Å². The summed E-state index contributed by atoms with van der Waals surface area (Å²) in [6, 6.07) is 48.4. The van der Waals surface area contributed by atoms with Crippen LogP contribution in [0.2, 0.25) is 0 Å². The molecule has 3 nitrogen and oxygen atoms in total. The summed E-state index contributed by atoms with van der Waals surface area (Å²) in [5.41, 5.74) is 6.05. The van der Waals surface area contributed by atoms with E-state index in [2.05, 4.69) is 108 Å². The first-order valence-electron chi connectivity index (χ1n) is 13.3. The number of fused-ring (bicyclic) bond motifs is 6. The van der Waals surface area contributed by atoms with Crippen LogP contribution in [0.15, 0.2) is 133 Å². The zero-order chi connectivity index (χ0) is 26.6. The molecule has 0 saturated heterocycles. The lowest BCUT2D eigenvalue weighted by molar-refractivity contribution is 0.477. The van der Waals surface area contributed by atoms with Gasteiger partial charge in [0.1, 0.15) is 0 Å². The van der Waals surface area contributed by atoms with Crippen molar-refractivity contribution in [1.29, 1.82) is 5.26 Å². The van der Waals surface area contributed by atoms with Gasteiger partial charge in [-0.15, -0.1) is 0 Å². The highest BCUT2D eigenvalue weighted by molar-refractivity contribution is 6.28. The molecule has 0 fully saturated rings. The number of nitriles is 1. The van der Waals surface area contributed by atoms with E-state index in [1.54, 1.807) is 0 Å². The van der Waals surface area contributed by atoms with Gasteiger partial charge < -0.3 is 9.64 Å². The summed E-state index contributed by atoms with van der Waals surface area (Å²) in [6.45, 7) is 0. The van der Waals surface area contributed by atoms with Crippen molar-refractivity contribution in [1.82, 2.24) is 0 Å². The minimum absolute atomic E-state index is 0.653. The Bertz CT molecular complexity index is 2110. The van der Waals surface area contributed by atoms with Crippen LogP contribution in [0.4, 0.5) is 17.1 Å². The lowest BCUT2D eigenvalue weighted by atomic mass is 9.87. The van der Waals surface area contributed by atoms with Crippen LogP contribution in [0.1, 0.15) is 5.56 Å². The van der Waals surface area contributed by atoms with Crippen LogP contribution in [0.3, 0.4) is 0 Å². The van der Waals surface area contributed by atoms with Crippen molar-refractivity contribution in [2.75, 3.05) is 4.90 Å². The Morgan fingerprint density at radius 2 is 1.12 bits per heavy atom. The van der Waals surface area contributed by atoms with Crippen molar-refractivity contribution >= 4 is 49.4 Å². The van der Waals surface area contributed by atoms with Gasteiger partial charge in [0.2, 0.25) is 0 Å². The largest absolute Gasteiger partial charge is 0.453 e. The number of para-hydroxylation sites is 4. The number of hydrogen-bond acceptors (Lipinski definition) is 3. The van der Waals surface area contributed by atoms with Crippen LogP contribution in [-0.4, -0.2) is 0 Å². The van der Waals surface area contributed by atoms with Crippen LogP contribution < -0.4 is 9.64 Å². The van der Waals surface area contributed by atoms with E-state index in [1.807, 2.05) is 36.4 Å². The molecule has 0 spiro atoms. The van der Waals surface area contributed by atoms with Crippen LogP contribution in [0.5, 0.6) is 11.5 Å². The Hall–Kier alpha value is -5.59. The molecule has 186 valence electrons. The van der Waals surface area contributed by atoms with Gasteiger partial charge in [0.05, 0.1) is 28.7 Å². The molecule has 0 aromatic heterocycles. The van der Waals surface area contributed by atoms with Crippen LogP contribution in [0.25, 0.3) is 43.4 Å². The van der Waals surface area contributed by atoms with Gasteiger partial charge in [0.25, 0.3) is 0 Å². The van der Waals surface area contributed by atoms with E-state index in [0.29, 0.717) is 5.56 Å². The maximum absolute atomic E-state index is 9.46. The van der Waals surface area contributed by atoms with E-state index in [9.17, 15) is 5.26 Å². The molecule has 1 heterocycles. The molecule has 1 aliphatic heterocycles.